The first-order chi connectivity index (χ1) is 7.04. The highest BCUT2D eigenvalue weighted by atomic mass is 16.2. The standard InChI is InChI=1S/C12H24N2O/c1-5-10-6-7-11(9(10)4)14-12(15)13-8(2)3/h8-11H,5-7H2,1-4H3,(H2,13,14,15). The van der Waals surface area contributed by atoms with Crippen LogP contribution in [0.5, 0.6) is 0 Å². The van der Waals surface area contributed by atoms with E-state index >= 15 is 0 Å². The third kappa shape index (κ3) is 3.40. The summed E-state index contributed by atoms with van der Waals surface area (Å²) >= 11 is 0. The molecular weight excluding hydrogens is 188 g/mol. The summed E-state index contributed by atoms with van der Waals surface area (Å²) < 4.78 is 0. The highest BCUT2D eigenvalue weighted by Crippen LogP contribution is 2.33. The fourth-order valence-corrected chi connectivity index (χ4v) is 2.50. The Bertz CT molecular complexity index is 216. The number of urea groups is 1. The molecule has 0 radical (unpaired) electrons. The van der Waals surface area contributed by atoms with Crippen molar-refractivity contribution in [2.75, 3.05) is 0 Å². The Morgan fingerprint density at radius 3 is 2.53 bits per heavy atom. The number of hydrogen-bond acceptors (Lipinski definition) is 1. The maximum absolute atomic E-state index is 11.5. The number of carbonyl (C=O) groups excluding carboxylic acids is 1. The van der Waals surface area contributed by atoms with Crippen LogP contribution in [0.1, 0.15) is 47.0 Å². The van der Waals surface area contributed by atoms with Crippen LogP contribution < -0.4 is 10.6 Å². The minimum Gasteiger partial charge on any atom is -0.336 e. The van der Waals surface area contributed by atoms with Gasteiger partial charge in [-0.15, -0.1) is 0 Å². The first-order valence-electron chi connectivity index (χ1n) is 6.11. The number of carbonyl (C=O) groups is 1. The zero-order valence-corrected chi connectivity index (χ0v) is 10.3. The van der Waals surface area contributed by atoms with Crippen molar-refractivity contribution in [1.29, 1.82) is 0 Å². The molecule has 3 unspecified atom stereocenters. The largest absolute Gasteiger partial charge is 0.336 e. The average Bonchev–Trinajstić information content (AvgIpc) is 2.46. The zero-order valence-electron chi connectivity index (χ0n) is 10.3. The summed E-state index contributed by atoms with van der Waals surface area (Å²) in [7, 11) is 0. The Balaban J connectivity index is 2.36. The van der Waals surface area contributed by atoms with E-state index in [-0.39, 0.29) is 12.1 Å². The molecule has 0 aromatic carbocycles. The summed E-state index contributed by atoms with van der Waals surface area (Å²) in [5, 5.41) is 5.95. The molecule has 2 N–H and O–H groups in total. The molecule has 1 saturated carbocycles. The Morgan fingerprint density at radius 2 is 2.07 bits per heavy atom. The minimum absolute atomic E-state index is 0.0152. The minimum atomic E-state index is -0.0152. The van der Waals surface area contributed by atoms with Crippen molar-refractivity contribution in [3.63, 3.8) is 0 Å². The van der Waals surface area contributed by atoms with E-state index in [1.165, 1.54) is 12.8 Å². The van der Waals surface area contributed by atoms with Crippen molar-refractivity contribution in [1.82, 2.24) is 10.6 Å². The molecule has 0 bridgehead atoms. The van der Waals surface area contributed by atoms with E-state index in [4.69, 9.17) is 0 Å². The SMILES string of the molecule is CCC1CCC(NC(=O)NC(C)C)C1C. The van der Waals surface area contributed by atoms with Gasteiger partial charge in [0.1, 0.15) is 0 Å². The molecule has 0 saturated heterocycles. The Hall–Kier alpha value is -0.730. The van der Waals surface area contributed by atoms with Gasteiger partial charge in [-0.2, -0.15) is 0 Å². The van der Waals surface area contributed by atoms with Gasteiger partial charge in [-0.25, -0.2) is 4.79 Å². The Kier molecular flexibility index (Phi) is 4.43. The van der Waals surface area contributed by atoms with Crippen LogP contribution in [-0.4, -0.2) is 18.1 Å². The van der Waals surface area contributed by atoms with Crippen molar-refractivity contribution < 1.29 is 4.79 Å². The van der Waals surface area contributed by atoms with E-state index in [1.54, 1.807) is 0 Å². The number of rotatable bonds is 3. The second-order valence-corrected chi connectivity index (χ2v) is 4.98. The number of amides is 2. The van der Waals surface area contributed by atoms with Crippen LogP contribution in [0.25, 0.3) is 0 Å². The summed E-state index contributed by atoms with van der Waals surface area (Å²) in [6.07, 6.45) is 3.61. The predicted molar refractivity (Wildman–Crippen MR) is 62.8 cm³/mol. The van der Waals surface area contributed by atoms with Crippen molar-refractivity contribution in [3.8, 4) is 0 Å². The quantitative estimate of drug-likeness (QED) is 0.741. The molecule has 0 spiro atoms. The summed E-state index contributed by atoms with van der Waals surface area (Å²) in [6, 6.07) is 0.566. The maximum atomic E-state index is 11.5. The Labute approximate surface area is 93.0 Å². The van der Waals surface area contributed by atoms with Gasteiger partial charge in [-0.05, 0) is 38.5 Å². The van der Waals surface area contributed by atoms with Crippen molar-refractivity contribution in [3.05, 3.63) is 0 Å². The average molecular weight is 212 g/mol. The summed E-state index contributed by atoms with van der Waals surface area (Å²) in [4.78, 5) is 11.5. The predicted octanol–water partition coefficient (Wildman–Crippen LogP) is 2.52. The molecule has 15 heavy (non-hydrogen) atoms. The second kappa shape index (κ2) is 5.38. The van der Waals surface area contributed by atoms with Gasteiger partial charge in [-0.1, -0.05) is 20.3 Å². The fraction of sp³-hybridized carbons (Fsp3) is 0.917. The van der Waals surface area contributed by atoms with Crippen LogP contribution in [0.3, 0.4) is 0 Å². The van der Waals surface area contributed by atoms with Crippen LogP contribution in [0.4, 0.5) is 4.79 Å². The molecule has 0 heterocycles. The van der Waals surface area contributed by atoms with Crippen molar-refractivity contribution in [2.24, 2.45) is 11.8 Å². The van der Waals surface area contributed by atoms with E-state index in [0.717, 1.165) is 12.3 Å². The molecule has 0 aliphatic heterocycles. The normalized spacial score (nSPS) is 30.6. The van der Waals surface area contributed by atoms with Crippen molar-refractivity contribution >= 4 is 6.03 Å². The highest BCUT2D eigenvalue weighted by molar-refractivity contribution is 5.74. The van der Waals surface area contributed by atoms with Gasteiger partial charge >= 0.3 is 6.03 Å². The van der Waals surface area contributed by atoms with E-state index in [1.807, 2.05) is 13.8 Å². The van der Waals surface area contributed by atoms with Gasteiger partial charge in [0.2, 0.25) is 0 Å². The topological polar surface area (TPSA) is 41.1 Å². The lowest BCUT2D eigenvalue weighted by Gasteiger charge is -2.21. The third-order valence-corrected chi connectivity index (χ3v) is 3.49. The number of nitrogens with one attached hydrogen (secondary N) is 2. The van der Waals surface area contributed by atoms with Crippen LogP contribution in [0, 0.1) is 11.8 Å². The van der Waals surface area contributed by atoms with E-state index in [9.17, 15) is 4.79 Å². The number of hydrogen-bond donors (Lipinski definition) is 2. The van der Waals surface area contributed by atoms with Gasteiger partial charge in [0.15, 0.2) is 0 Å². The molecule has 88 valence electrons. The molecule has 3 heteroatoms. The first-order valence-corrected chi connectivity index (χ1v) is 6.11. The lowest BCUT2D eigenvalue weighted by atomic mass is 9.94. The van der Waals surface area contributed by atoms with Gasteiger partial charge < -0.3 is 10.6 Å². The fourth-order valence-electron chi connectivity index (χ4n) is 2.50. The molecule has 1 rings (SSSR count). The molecule has 2 amide bonds. The Morgan fingerprint density at radius 1 is 1.40 bits per heavy atom. The van der Waals surface area contributed by atoms with Gasteiger partial charge in [0, 0.05) is 12.1 Å². The molecule has 0 aromatic heterocycles. The van der Waals surface area contributed by atoms with Crippen LogP contribution in [0.2, 0.25) is 0 Å². The molecule has 3 nitrogen and oxygen atoms in total. The van der Waals surface area contributed by atoms with E-state index in [0.29, 0.717) is 12.0 Å². The first kappa shape index (κ1) is 12.3. The molecule has 1 aliphatic carbocycles. The molecule has 1 fully saturated rings. The zero-order chi connectivity index (χ0) is 11.4. The van der Waals surface area contributed by atoms with Gasteiger partial charge in [0.25, 0.3) is 0 Å². The van der Waals surface area contributed by atoms with Gasteiger partial charge in [-0.3, -0.25) is 0 Å². The lowest BCUT2D eigenvalue weighted by molar-refractivity contribution is 0.230. The summed E-state index contributed by atoms with van der Waals surface area (Å²) in [5.74, 6) is 1.40. The summed E-state index contributed by atoms with van der Waals surface area (Å²) in [5.41, 5.74) is 0. The second-order valence-electron chi connectivity index (χ2n) is 4.98. The molecule has 1 aliphatic rings. The highest BCUT2D eigenvalue weighted by Gasteiger charge is 2.32. The van der Waals surface area contributed by atoms with Crippen LogP contribution in [-0.2, 0) is 0 Å². The van der Waals surface area contributed by atoms with Crippen molar-refractivity contribution in [2.45, 2.75) is 59.0 Å². The van der Waals surface area contributed by atoms with E-state index in [2.05, 4.69) is 24.5 Å². The molecule has 3 atom stereocenters. The monoisotopic (exact) mass is 212 g/mol. The molecule has 0 aromatic rings. The molecular formula is C12H24N2O. The van der Waals surface area contributed by atoms with Gasteiger partial charge in [0.05, 0.1) is 0 Å². The maximum Gasteiger partial charge on any atom is 0.315 e. The summed E-state index contributed by atoms with van der Waals surface area (Å²) in [6.45, 7) is 8.44. The third-order valence-electron chi connectivity index (χ3n) is 3.49. The van der Waals surface area contributed by atoms with Crippen LogP contribution in [0.15, 0.2) is 0 Å². The smallest absolute Gasteiger partial charge is 0.315 e. The lowest BCUT2D eigenvalue weighted by Crippen LogP contribution is -2.45. The van der Waals surface area contributed by atoms with Crippen LogP contribution >= 0.6 is 0 Å². The van der Waals surface area contributed by atoms with E-state index < -0.39 is 0 Å².